The number of benzene rings is 1. The van der Waals surface area contributed by atoms with Crippen molar-refractivity contribution < 1.29 is 5.11 Å². The standard InChI is InChI=1S/C20H34O/c1-4-6-8-10-14-18(17(3)13-9-7-5-2)19-15-11-12-16-20(19)21/h11-12,15-18,21H,4-10,13-14H2,1-3H3. The van der Waals surface area contributed by atoms with Gasteiger partial charge in [-0.15, -0.1) is 0 Å². The molecule has 0 aromatic heterocycles. The Kier molecular flexibility index (Phi) is 9.21. The van der Waals surface area contributed by atoms with Crippen LogP contribution in [0.2, 0.25) is 0 Å². The maximum atomic E-state index is 10.2. The van der Waals surface area contributed by atoms with Crippen LogP contribution in [0.25, 0.3) is 0 Å². The maximum Gasteiger partial charge on any atom is 0.119 e. The van der Waals surface area contributed by atoms with E-state index >= 15 is 0 Å². The number of aromatic hydroxyl groups is 1. The van der Waals surface area contributed by atoms with Crippen molar-refractivity contribution in [3.63, 3.8) is 0 Å². The zero-order valence-electron chi connectivity index (χ0n) is 14.3. The average Bonchev–Trinajstić information content (AvgIpc) is 2.49. The topological polar surface area (TPSA) is 20.2 Å². The molecular formula is C20H34O. The fourth-order valence-corrected chi connectivity index (χ4v) is 3.26. The van der Waals surface area contributed by atoms with E-state index in [4.69, 9.17) is 0 Å². The van der Waals surface area contributed by atoms with Gasteiger partial charge < -0.3 is 5.11 Å². The predicted octanol–water partition coefficient (Wildman–Crippen LogP) is 6.66. The van der Waals surface area contributed by atoms with Gasteiger partial charge in [-0.25, -0.2) is 0 Å². The summed E-state index contributed by atoms with van der Waals surface area (Å²) in [6.07, 6.45) is 11.6. The quantitative estimate of drug-likeness (QED) is 0.452. The molecule has 0 bridgehead atoms. The second kappa shape index (κ2) is 10.7. The van der Waals surface area contributed by atoms with Gasteiger partial charge in [0, 0.05) is 0 Å². The molecule has 0 aliphatic carbocycles. The summed E-state index contributed by atoms with van der Waals surface area (Å²) in [5, 5.41) is 10.2. The van der Waals surface area contributed by atoms with Crippen LogP contribution in [-0.4, -0.2) is 5.11 Å². The first-order chi connectivity index (χ1) is 10.2. The lowest BCUT2D eigenvalue weighted by molar-refractivity contribution is 0.366. The number of hydrogen-bond donors (Lipinski definition) is 1. The molecule has 1 heteroatoms. The second-order valence-electron chi connectivity index (χ2n) is 6.49. The summed E-state index contributed by atoms with van der Waals surface area (Å²) in [6, 6.07) is 7.95. The van der Waals surface area contributed by atoms with E-state index in [1.54, 1.807) is 0 Å². The van der Waals surface area contributed by atoms with Gasteiger partial charge in [0.05, 0.1) is 0 Å². The Labute approximate surface area is 131 Å². The lowest BCUT2D eigenvalue weighted by Gasteiger charge is -2.25. The molecule has 120 valence electrons. The molecule has 2 unspecified atom stereocenters. The molecule has 0 aliphatic heterocycles. The van der Waals surface area contributed by atoms with Gasteiger partial charge in [-0.05, 0) is 29.9 Å². The molecule has 0 fully saturated rings. The van der Waals surface area contributed by atoms with Crippen molar-refractivity contribution in [3.8, 4) is 5.75 Å². The Morgan fingerprint density at radius 3 is 2.14 bits per heavy atom. The molecule has 1 aromatic rings. The Morgan fingerprint density at radius 2 is 1.48 bits per heavy atom. The first-order valence-electron chi connectivity index (χ1n) is 8.98. The number of unbranched alkanes of at least 4 members (excludes halogenated alkanes) is 5. The van der Waals surface area contributed by atoms with Gasteiger partial charge in [0.1, 0.15) is 5.75 Å². The van der Waals surface area contributed by atoms with Crippen LogP contribution >= 0.6 is 0 Å². The number of phenols is 1. The van der Waals surface area contributed by atoms with Gasteiger partial charge in [-0.1, -0.05) is 90.3 Å². The molecular weight excluding hydrogens is 256 g/mol. The maximum absolute atomic E-state index is 10.2. The summed E-state index contributed by atoms with van der Waals surface area (Å²) in [5.74, 6) is 1.66. The van der Waals surface area contributed by atoms with Crippen molar-refractivity contribution in [2.24, 2.45) is 5.92 Å². The molecule has 0 saturated carbocycles. The fraction of sp³-hybridized carbons (Fsp3) is 0.700. The Bertz CT molecular complexity index is 372. The van der Waals surface area contributed by atoms with Crippen LogP contribution in [0.3, 0.4) is 0 Å². The predicted molar refractivity (Wildman–Crippen MR) is 92.9 cm³/mol. The van der Waals surface area contributed by atoms with Crippen LogP contribution in [0, 0.1) is 5.92 Å². The van der Waals surface area contributed by atoms with E-state index in [2.05, 4.69) is 32.9 Å². The largest absolute Gasteiger partial charge is 0.508 e. The molecule has 21 heavy (non-hydrogen) atoms. The summed E-state index contributed by atoms with van der Waals surface area (Å²) in [5.41, 5.74) is 1.16. The van der Waals surface area contributed by atoms with Gasteiger partial charge >= 0.3 is 0 Å². The van der Waals surface area contributed by atoms with E-state index in [1.807, 2.05) is 12.1 Å². The summed E-state index contributed by atoms with van der Waals surface area (Å²) in [6.45, 7) is 6.89. The lowest BCUT2D eigenvalue weighted by atomic mass is 9.80. The smallest absolute Gasteiger partial charge is 0.119 e. The van der Waals surface area contributed by atoms with E-state index in [9.17, 15) is 5.11 Å². The van der Waals surface area contributed by atoms with Crippen LogP contribution in [0.5, 0.6) is 5.75 Å². The zero-order valence-corrected chi connectivity index (χ0v) is 14.3. The third-order valence-electron chi connectivity index (χ3n) is 4.65. The van der Waals surface area contributed by atoms with Gasteiger partial charge in [-0.2, -0.15) is 0 Å². The van der Waals surface area contributed by atoms with E-state index in [0.717, 1.165) is 5.56 Å². The lowest BCUT2D eigenvalue weighted by Crippen LogP contribution is -2.11. The van der Waals surface area contributed by atoms with E-state index in [0.29, 0.717) is 17.6 Å². The Balaban J connectivity index is 2.67. The molecule has 1 nitrogen and oxygen atoms in total. The number of para-hydroxylation sites is 1. The van der Waals surface area contributed by atoms with E-state index in [-0.39, 0.29) is 0 Å². The van der Waals surface area contributed by atoms with Crippen molar-refractivity contribution in [1.82, 2.24) is 0 Å². The summed E-state index contributed by atoms with van der Waals surface area (Å²) >= 11 is 0. The minimum atomic E-state index is 0.486. The highest BCUT2D eigenvalue weighted by Crippen LogP contribution is 2.37. The number of phenolic OH excluding ortho intramolecular Hbond substituents is 1. The van der Waals surface area contributed by atoms with E-state index in [1.165, 1.54) is 57.8 Å². The van der Waals surface area contributed by atoms with Crippen molar-refractivity contribution >= 4 is 0 Å². The summed E-state index contributed by atoms with van der Waals surface area (Å²) < 4.78 is 0. The fourth-order valence-electron chi connectivity index (χ4n) is 3.26. The van der Waals surface area contributed by atoms with Crippen LogP contribution in [-0.2, 0) is 0 Å². The van der Waals surface area contributed by atoms with Gasteiger partial charge in [0.25, 0.3) is 0 Å². The first-order valence-corrected chi connectivity index (χ1v) is 8.98. The molecule has 0 aliphatic rings. The normalized spacial score (nSPS) is 14.0. The number of hydrogen-bond acceptors (Lipinski definition) is 1. The highest BCUT2D eigenvalue weighted by Gasteiger charge is 2.21. The average molecular weight is 290 g/mol. The van der Waals surface area contributed by atoms with E-state index < -0.39 is 0 Å². The molecule has 1 aromatic carbocycles. The molecule has 2 atom stereocenters. The SMILES string of the molecule is CCCCCCC(c1ccccc1O)C(C)CCCCC. The van der Waals surface area contributed by atoms with Crippen LogP contribution in [0.1, 0.15) is 90.0 Å². The van der Waals surface area contributed by atoms with Crippen molar-refractivity contribution in [2.45, 2.75) is 84.5 Å². The first kappa shape index (κ1) is 18.1. The Morgan fingerprint density at radius 1 is 0.857 bits per heavy atom. The Hall–Kier alpha value is -0.980. The number of rotatable bonds is 11. The molecule has 0 heterocycles. The molecule has 0 saturated heterocycles. The van der Waals surface area contributed by atoms with Gasteiger partial charge in [0.15, 0.2) is 0 Å². The third kappa shape index (κ3) is 6.54. The summed E-state index contributed by atoms with van der Waals surface area (Å²) in [7, 11) is 0. The zero-order chi connectivity index (χ0) is 15.5. The minimum Gasteiger partial charge on any atom is -0.508 e. The van der Waals surface area contributed by atoms with Crippen molar-refractivity contribution in [2.75, 3.05) is 0 Å². The van der Waals surface area contributed by atoms with Crippen molar-refractivity contribution in [1.29, 1.82) is 0 Å². The highest BCUT2D eigenvalue weighted by molar-refractivity contribution is 5.35. The van der Waals surface area contributed by atoms with Crippen molar-refractivity contribution in [3.05, 3.63) is 29.8 Å². The van der Waals surface area contributed by atoms with Crippen LogP contribution in [0.15, 0.2) is 24.3 Å². The van der Waals surface area contributed by atoms with Gasteiger partial charge in [-0.3, -0.25) is 0 Å². The van der Waals surface area contributed by atoms with Gasteiger partial charge in [0.2, 0.25) is 0 Å². The van der Waals surface area contributed by atoms with Crippen LogP contribution in [0.4, 0.5) is 0 Å². The minimum absolute atomic E-state index is 0.486. The van der Waals surface area contributed by atoms with Crippen LogP contribution < -0.4 is 0 Å². The third-order valence-corrected chi connectivity index (χ3v) is 4.65. The highest BCUT2D eigenvalue weighted by atomic mass is 16.3. The molecule has 0 amide bonds. The molecule has 1 rings (SSSR count). The molecule has 0 radical (unpaired) electrons. The molecule has 1 N–H and O–H groups in total. The second-order valence-corrected chi connectivity index (χ2v) is 6.49. The monoisotopic (exact) mass is 290 g/mol. The summed E-state index contributed by atoms with van der Waals surface area (Å²) in [4.78, 5) is 0. The molecule has 0 spiro atoms.